The van der Waals surface area contributed by atoms with Gasteiger partial charge in [-0.2, -0.15) is 0 Å². The summed E-state index contributed by atoms with van der Waals surface area (Å²) >= 11 is 11.9. The Labute approximate surface area is 116 Å². The van der Waals surface area contributed by atoms with Crippen molar-refractivity contribution in [1.82, 2.24) is 5.16 Å². The minimum absolute atomic E-state index is 0.388. The van der Waals surface area contributed by atoms with Crippen LogP contribution in [-0.2, 0) is 6.42 Å². The molecule has 18 heavy (non-hydrogen) atoms. The molecule has 0 bridgehead atoms. The second kappa shape index (κ2) is 5.63. The first-order valence-electron chi connectivity index (χ1n) is 5.83. The molecule has 0 unspecified atom stereocenters. The fourth-order valence-corrected chi connectivity index (χ4v) is 2.10. The zero-order valence-corrected chi connectivity index (χ0v) is 11.6. The second-order valence-electron chi connectivity index (χ2n) is 4.10. The second-order valence-corrected chi connectivity index (χ2v) is 4.91. The van der Waals surface area contributed by atoms with Crippen molar-refractivity contribution in [3.05, 3.63) is 34.0 Å². The third-order valence-electron chi connectivity index (χ3n) is 2.75. The van der Waals surface area contributed by atoms with Crippen LogP contribution in [0.1, 0.15) is 25.5 Å². The molecule has 0 atom stereocenters. The molecule has 2 N–H and O–H groups in total. The summed E-state index contributed by atoms with van der Waals surface area (Å²) in [6.07, 6.45) is 2.93. The SMILES string of the molecule is CCCCc1onc(N)c1-c1ccc(Cl)c(Cl)c1. The Kier molecular flexibility index (Phi) is 4.15. The molecule has 1 heterocycles. The third kappa shape index (κ3) is 2.62. The largest absolute Gasteiger partial charge is 0.380 e. The van der Waals surface area contributed by atoms with E-state index in [1.54, 1.807) is 12.1 Å². The lowest BCUT2D eigenvalue weighted by molar-refractivity contribution is 0.383. The lowest BCUT2D eigenvalue weighted by Crippen LogP contribution is -1.91. The maximum Gasteiger partial charge on any atom is 0.175 e. The van der Waals surface area contributed by atoms with Gasteiger partial charge < -0.3 is 10.3 Å². The Morgan fingerprint density at radius 2 is 2.06 bits per heavy atom. The van der Waals surface area contributed by atoms with E-state index in [9.17, 15) is 0 Å². The Hall–Kier alpha value is -1.19. The van der Waals surface area contributed by atoms with Crippen molar-refractivity contribution in [3.8, 4) is 11.1 Å². The van der Waals surface area contributed by atoms with Gasteiger partial charge in [0.15, 0.2) is 5.82 Å². The minimum Gasteiger partial charge on any atom is -0.380 e. The molecule has 0 aliphatic heterocycles. The number of halogens is 2. The van der Waals surface area contributed by atoms with Gasteiger partial charge in [-0.15, -0.1) is 0 Å². The molecule has 0 saturated carbocycles. The Morgan fingerprint density at radius 3 is 2.72 bits per heavy atom. The molecule has 1 aromatic heterocycles. The van der Waals surface area contributed by atoms with Crippen LogP contribution < -0.4 is 5.73 Å². The standard InChI is InChI=1S/C13H14Cl2N2O/c1-2-3-4-11-12(13(16)17-18-11)8-5-6-9(14)10(15)7-8/h5-7H,2-4H2,1H3,(H2,16,17). The van der Waals surface area contributed by atoms with E-state index in [1.165, 1.54) is 0 Å². The molecule has 2 rings (SSSR count). The van der Waals surface area contributed by atoms with Crippen LogP contribution in [-0.4, -0.2) is 5.16 Å². The van der Waals surface area contributed by atoms with Crippen LogP contribution in [0.3, 0.4) is 0 Å². The fraction of sp³-hybridized carbons (Fsp3) is 0.308. The molecule has 0 radical (unpaired) electrons. The van der Waals surface area contributed by atoms with Gasteiger partial charge in [0.1, 0.15) is 5.76 Å². The Balaban J connectivity index is 2.42. The van der Waals surface area contributed by atoms with E-state index in [2.05, 4.69) is 12.1 Å². The molecule has 1 aromatic carbocycles. The number of unbranched alkanes of at least 4 members (excludes halogenated alkanes) is 1. The first-order valence-corrected chi connectivity index (χ1v) is 6.58. The number of anilines is 1. The smallest absolute Gasteiger partial charge is 0.175 e. The minimum atomic E-state index is 0.388. The zero-order valence-electron chi connectivity index (χ0n) is 10.0. The lowest BCUT2D eigenvalue weighted by Gasteiger charge is -2.04. The zero-order chi connectivity index (χ0) is 13.1. The van der Waals surface area contributed by atoms with Crippen molar-refractivity contribution < 1.29 is 4.52 Å². The van der Waals surface area contributed by atoms with Gasteiger partial charge in [-0.3, -0.25) is 0 Å². The molecule has 0 aliphatic rings. The molecular formula is C13H14Cl2N2O. The summed E-state index contributed by atoms with van der Waals surface area (Å²) in [5.74, 6) is 1.19. The van der Waals surface area contributed by atoms with Gasteiger partial charge in [0.2, 0.25) is 0 Å². The normalized spacial score (nSPS) is 10.8. The van der Waals surface area contributed by atoms with Gasteiger partial charge in [0, 0.05) is 6.42 Å². The van der Waals surface area contributed by atoms with Crippen molar-refractivity contribution in [3.63, 3.8) is 0 Å². The molecule has 0 fully saturated rings. The molecular weight excluding hydrogens is 271 g/mol. The van der Waals surface area contributed by atoms with Gasteiger partial charge in [-0.25, -0.2) is 0 Å². The van der Waals surface area contributed by atoms with Crippen LogP contribution in [0.25, 0.3) is 11.1 Å². The number of aryl methyl sites for hydroxylation is 1. The quantitative estimate of drug-likeness (QED) is 0.895. The molecule has 0 aliphatic carbocycles. The highest BCUT2D eigenvalue weighted by Crippen LogP contribution is 2.34. The summed E-state index contributed by atoms with van der Waals surface area (Å²) in [4.78, 5) is 0. The highest BCUT2D eigenvalue weighted by atomic mass is 35.5. The maximum atomic E-state index is 6.02. The fourth-order valence-electron chi connectivity index (χ4n) is 1.81. The average Bonchev–Trinajstić information content (AvgIpc) is 2.71. The first kappa shape index (κ1) is 13.2. The van der Waals surface area contributed by atoms with Crippen LogP contribution in [0.15, 0.2) is 22.7 Å². The van der Waals surface area contributed by atoms with Crippen molar-refractivity contribution >= 4 is 29.0 Å². The number of nitrogens with zero attached hydrogens (tertiary/aromatic N) is 1. The molecule has 96 valence electrons. The van der Waals surface area contributed by atoms with Gasteiger partial charge in [0.25, 0.3) is 0 Å². The maximum absolute atomic E-state index is 6.02. The molecule has 0 saturated heterocycles. The number of hydrogen-bond acceptors (Lipinski definition) is 3. The van der Waals surface area contributed by atoms with Gasteiger partial charge in [-0.05, 0) is 24.1 Å². The van der Waals surface area contributed by atoms with E-state index < -0.39 is 0 Å². The number of aromatic nitrogens is 1. The summed E-state index contributed by atoms with van der Waals surface area (Å²) < 4.78 is 5.27. The molecule has 5 heteroatoms. The Morgan fingerprint density at radius 1 is 1.28 bits per heavy atom. The van der Waals surface area contributed by atoms with Crippen molar-refractivity contribution in [2.75, 3.05) is 5.73 Å². The van der Waals surface area contributed by atoms with E-state index in [0.29, 0.717) is 15.9 Å². The lowest BCUT2D eigenvalue weighted by atomic mass is 10.0. The number of nitrogen functional groups attached to an aromatic ring is 1. The monoisotopic (exact) mass is 284 g/mol. The number of rotatable bonds is 4. The van der Waals surface area contributed by atoms with Crippen molar-refractivity contribution in [2.45, 2.75) is 26.2 Å². The summed E-state index contributed by atoms with van der Waals surface area (Å²) in [5.41, 5.74) is 7.56. The molecule has 0 amide bonds. The number of hydrogen-bond donors (Lipinski definition) is 1. The third-order valence-corrected chi connectivity index (χ3v) is 3.49. The van der Waals surface area contributed by atoms with E-state index in [-0.39, 0.29) is 0 Å². The van der Waals surface area contributed by atoms with E-state index in [4.69, 9.17) is 33.5 Å². The summed E-state index contributed by atoms with van der Waals surface area (Å²) in [5, 5.41) is 4.84. The molecule has 0 spiro atoms. The van der Waals surface area contributed by atoms with Crippen LogP contribution in [0.2, 0.25) is 10.0 Å². The predicted molar refractivity (Wildman–Crippen MR) is 75.0 cm³/mol. The topological polar surface area (TPSA) is 52.0 Å². The van der Waals surface area contributed by atoms with E-state index >= 15 is 0 Å². The van der Waals surface area contributed by atoms with Crippen molar-refractivity contribution in [2.24, 2.45) is 0 Å². The van der Waals surface area contributed by atoms with Gasteiger partial charge in [0.05, 0.1) is 15.6 Å². The highest BCUT2D eigenvalue weighted by molar-refractivity contribution is 6.42. The molecule has 2 aromatic rings. The number of nitrogens with two attached hydrogens (primary N) is 1. The van der Waals surface area contributed by atoms with Gasteiger partial charge >= 0.3 is 0 Å². The van der Waals surface area contributed by atoms with E-state index in [0.717, 1.165) is 36.1 Å². The highest BCUT2D eigenvalue weighted by Gasteiger charge is 2.16. The van der Waals surface area contributed by atoms with Crippen LogP contribution in [0, 0.1) is 0 Å². The predicted octanol–water partition coefficient (Wildman–Crippen LogP) is 4.57. The average molecular weight is 285 g/mol. The molecule has 3 nitrogen and oxygen atoms in total. The van der Waals surface area contributed by atoms with Crippen LogP contribution >= 0.6 is 23.2 Å². The Bertz CT molecular complexity index is 552. The summed E-state index contributed by atoms with van der Waals surface area (Å²) in [6.45, 7) is 2.12. The van der Waals surface area contributed by atoms with Crippen molar-refractivity contribution in [1.29, 1.82) is 0 Å². The van der Waals surface area contributed by atoms with Crippen LogP contribution in [0.5, 0.6) is 0 Å². The summed E-state index contributed by atoms with van der Waals surface area (Å²) in [7, 11) is 0. The van der Waals surface area contributed by atoms with E-state index in [1.807, 2.05) is 6.07 Å². The van der Waals surface area contributed by atoms with Gasteiger partial charge in [-0.1, -0.05) is 47.8 Å². The summed E-state index contributed by atoms with van der Waals surface area (Å²) in [6, 6.07) is 5.39. The van der Waals surface area contributed by atoms with Crippen LogP contribution in [0.4, 0.5) is 5.82 Å². The number of benzene rings is 1. The first-order chi connectivity index (χ1) is 8.63.